The second-order valence-electron chi connectivity index (χ2n) is 5.60. The molecule has 0 aromatic heterocycles. The zero-order valence-corrected chi connectivity index (χ0v) is 14.6. The summed E-state index contributed by atoms with van der Waals surface area (Å²) in [5.74, 6) is 0.710. The SMILES string of the molecule is COc1ccc(N=Cc2ccc(C(=O)Oc3ccc(C#N)cc3)cc2)cc1. The van der Waals surface area contributed by atoms with Crippen molar-refractivity contribution in [2.24, 2.45) is 4.99 Å². The van der Waals surface area contributed by atoms with Gasteiger partial charge < -0.3 is 9.47 Å². The van der Waals surface area contributed by atoms with Crippen LogP contribution in [0.5, 0.6) is 11.5 Å². The number of nitriles is 1. The van der Waals surface area contributed by atoms with Crippen LogP contribution in [0.2, 0.25) is 0 Å². The van der Waals surface area contributed by atoms with Gasteiger partial charge in [-0.2, -0.15) is 5.26 Å². The minimum absolute atomic E-state index is 0.393. The van der Waals surface area contributed by atoms with E-state index < -0.39 is 5.97 Å². The van der Waals surface area contributed by atoms with Gasteiger partial charge in [0, 0.05) is 6.21 Å². The maximum atomic E-state index is 12.2. The van der Waals surface area contributed by atoms with Gasteiger partial charge in [0.25, 0.3) is 0 Å². The van der Waals surface area contributed by atoms with Gasteiger partial charge in [-0.15, -0.1) is 0 Å². The van der Waals surface area contributed by atoms with Crippen LogP contribution in [-0.4, -0.2) is 19.3 Å². The average Bonchev–Trinajstić information content (AvgIpc) is 2.73. The molecule has 0 atom stereocenters. The second kappa shape index (κ2) is 8.45. The second-order valence-corrected chi connectivity index (χ2v) is 5.60. The summed E-state index contributed by atoms with van der Waals surface area (Å²) in [5.41, 5.74) is 2.61. The summed E-state index contributed by atoms with van der Waals surface area (Å²) < 4.78 is 10.4. The monoisotopic (exact) mass is 356 g/mol. The lowest BCUT2D eigenvalue weighted by atomic mass is 10.1. The molecular weight excluding hydrogens is 340 g/mol. The smallest absolute Gasteiger partial charge is 0.343 e. The van der Waals surface area contributed by atoms with Crippen LogP contribution in [-0.2, 0) is 0 Å². The Kier molecular flexibility index (Phi) is 5.60. The normalized spacial score (nSPS) is 10.4. The quantitative estimate of drug-likeness (QED) is 0.382. The number of esters is 1. The van der Waals surface area contributed by atoms with Gasteiger partial charge in [-0.05, 0) is 66.2 Å². The molecule has 27 heavy (non-hydrogen) atoms. The Labute approximate surface area is 157 Å². The Bertz CT molecular complexity index is 984. The Morgan fingerprint density at radius 3 is 2.15 bits per heavy atom. The summed E-state index contributed by atoms with van der Waals surface area (Å²) in [6.07, 6.45) is 1.72. The molecule has 0 unspecified atom stereocenters. The van der Waals surface area contributed by atoms with Gasteiger partial charge in [-0.1, -0.05) is 12.1 Å². The molecule has 0 N–H and O–H groups in total. The molecule has 0 heterocycles. The third kappa shape index (κ3) is 4.80. The van der Waals surface area contributed by atoms with Crippen molar-refractivity contribution < 1.29 is 14.3 Å². The van der Waals surface area contributed by atoms with Gasteiger partial charge in [0.05, 0.1) is 30.0 Å². The Balaban J connectivity index is 1.64. The fraction of sp³-hybridized carbons (Fsp3) is 0.0455. The molecule has 0 radical (unpaired) electrons. The first-order valence-electron chi connectivity index (χ1n) is 8.18. The van der Waals surface area contributed by atoms with Gasteiger partial charge in [-0.3, -0.25) is 4.99 Å². The third-order valence-electron chi connectivity index (χ3n) is 3.78. The zero-order valence-electron chi connectivity index (χ0n) is 14.6. The summed E-state index contributed by atoms with van der Waals surface area (Å²) in [7, 11) is 1.62. The summed E-state index contributed by atoms with van der Waals surface area (Å²) in [6.45, 7) is 0. The molecule has 0 spiro atoms. The lowest BCUT2D eigenvalue weighted by molar-refractivity contribution is 0.0735. The molecule has 5 nitrogen and oxygen atoms in total. The number of aliphatic imine (C=N–C) groups is 1. The lowest BCUT2D eigenvalue weighted by Gasteiger charge is -2.04. The molecule has 0 bridgehead atoms. The Morgan fingerprint density at radius 2 is 1.56 bits per heavy atom. The van der Waals surface area contributed by atoms with E-state index in [1.54, 1.807) is 61.9 Å². The van der Waals surface area contributed by atoms with Crippen LogP contribution in [0.3, 0.4) is 0 Å². The van der Waals surface area contributed by atoms with Gasteiger partial charge in [0.2, 0.25) is 0 Å². The van der Waals surface area contributed by atoms with E-state index >= 15 is 0 Å². The van der Waals surface area contributed by atoms with E-state index in [4.69, 9.17) is 14.7 Å². The summed E-state index contributed by atoms with van der Waals surface area (Å²) in [5, 5.41) is 8.78. The minimum Gasteiger partial charge on any atom is -0.497 e. The fourth-order valence-corrected chi connectivity index (χ4v) is 2.29. The maximum Gasteiger partial charge on any atom is 0.343 e. The van der Waals surface area contributed by atoms with Crippen LogP contribution in [0, 0.1) is 11.3 Å². The Morgan fingerprint density at radius 1 is 0.926 bits per heavy atom. The van der Waals surface area contributed by atoms with Gasteiger partial charge in [-0.25, -0.2) is 4.79 Å². The number of ether oxygens (including phenoxy) is 2. The zero-order chi connectivity index (χ0) is 19.1. The molecule has 0 fully saturated rings. The van der Waals surface area contributed by atoms with Crippen LogP contribution >= 0.6 is 0 Å². The number of hydrogen-bond donors (Lipinski definition) is 0. The molecule has 0 saturated heterocycles. The molecule has 0 saturated carbocycles. The topological polar surface area (TPSA) is 71.7 Å². The van der Waals surface area contributed by atoms with E-state index in [2.05, 4.69) is 4.99 Å². The predicted octanol–water partition coefficient (Wildman–Crippen LogP) is 4.54. The first-order valence-corrected chi connectivity index (χ1v) is 8.18. The van der Waals surface area contributed by atoms with E-state index in [-0.39, 0.29) is 0 Å². The van der Waals surface area contributed by atoms with Crippen LogP contribution in [0.15, 0.2) is 77.8 Å². The highest BCUT2D eigenvalue weighted by atomic mass is 16.5. The summed E-state index contributed by atoms with van der Waals surface area (Å²) >= 11 is 0. The van der Waals surface area contributed by atoms with E-state index in [1.165, 1.54) is 0 Å². The largest absolute Gasteiger partial charge is 0.497 e. The number of carbonyl (C=O) groups is 1. The van der Waals surface area contributed by atoms with Gasteiger partial charge in [0.1, 0.15) is 11.5 Å². The molecule has 0 aliphatic heterocycles. The molecule has 3 aromatic rings. The van der Waals surface area contributed by atoms with E-state index in [0.717, 1.165) is 17.0 Å². The molecule has 3 aromatic carbocycles. The number of hydrogen-bond acceptors (Lipinski definition) is 5. The number of benzene rings is 3. The number of methoxy groups -OCH3 is 1. The number of carbonyl (C=O) groups excluding carboxylic acids is 1. The van der Waals surface area contributed by atoms with Gasteiger partial charge in [0.15, 0.2) is 0 Å². The van der Waals surface area contributed by atoms with Crippen molar-refractivity contribution in [2.45, 2.75) is 0 Å². The molecule has 132 valence electrons. The van der Waals surface area contributed by atoms with E-state index in [0.29, 0.717) is 16.9 Å². The molecule has 0 amide bonds. The van der Waals surface area contributed by atoms with Crippen molar-refractivity contribution >= 4 is 17.9 Å². The average molecular weight is 356 g/mol. The van der Waals surface area contributed by atoms with Crippen molar-refractivity contribution in [3.63, 3.8) is 0 Å². The van der Waals surface area contributed by atoms with Crippen LogP contribution in [0.4, 0.5) is 5.69 Å². The highest BCUT2D eigenvalue weighted by molar-refractivity contribution is 5.92. The van der Waals surface area contributed by atoms with Crippen LogP contribution < -0.4 is 9.47 Å². The van der Waals surface area contributed by atoms with Crippen molar-refractivity contribution in [1.29, 1.82) is 5.26 Å². The summed E-state index contributed by atoms with van der Waals surface area (Å²) in [6, 6.07) is 22.7. The van der Waals surface area contributed by atoms with Gasteiger partial charge >= 0.3 is 5.97 Å². The molecule has 3 rings (SSSR count). The highest BCUT2D eigenvalue weighted by Gasteiger charge is 2.08. The van der Waals surface area contributed by atoms with E-state index in [1.807, 2.05) is 30.3 Å². The number of nitrogens with zero attached hydrogens (tertiary/aromatic N) is 2. The van der Waals surface area contributed by atoms with Crippen LogP contribution in [0.1, 0.15) is 21.5 Å². The third-order valence-corrected chi connectivity index (χ3v) is 3.78. The minimum atomic E-state index is -0.460. The van der Waals surface area contributed by atoms with Crippen molar-refractivity contribution in [3.8, 4) is 17.6 Å². The number of rotatable bonds is 5. The predicted molar refractivity (Wildman–Crippen MR) is 103 cm³/mol. The molecule has 5 heteroatoms. The maximum absolute atomic E-state index is 12.2. The molecular formula is C22H16N2O3. The van der Waals surface area contributed by atoms with Crippen molar-refractivity contribution in [1.82, 2.24) is 0 Å². The van der Waals surface area contributed by atoms with Crippen molar-refractivity contribution in [3.05, 3.63) is 89.5 Å². The molecule has 0 aliphatic rings. The first-order chi connectivity index (χ1) is 13.2. The first kappa shape index (κ1) is 17.9. The highest BCUT2D eigenvalue weighted by Crippen LogP contribution is 2.18. The fourth-order valence-electron chi connectivity index (χ4n) is 2.29. The Hall–Kier alpha value is -3.91. The standard InChI is InChI=1S/C22H16N2O3/c1-26-20-12-8-19(9-13-20)24-15-17-2-6-18(7-3-17)22(25)27-21-10-4-16(14-23)5-11-21/h2-13,15H,1H3. The lowest BCUT2D eigenvalue weighted by Crippen LogP contribution is -2.08. The molecule has 0 aliphatic carbocycles. The van der Waals surface area contributed by atoms with Crippen LogP contribution in [0.25, 0.3) is 0 Å². The van der Waals surface area contributed by atoms with E-state index in [9.17, 15) is 4.79 Å². The summed E-state index contributed by atoms with van der Waals surface area (Å²) in [4.78, 5) is 16.6. The van der Waals surface area contributed by atoms with Crippen molar-refractivity contribution in [2.75, 3.05) is 7.11 Å².